The standard InChI is InChI=1S/C14H27N3O/c1-5-6-12(9-18-4)17-10-16-8-14(17)13(7-15)11(2)3/h8,10-13H,5-7,9,15H2,1-4H3. The second-order valence-electron chi connectivity index (χ2n) is 5.21. The highest BCUT2D eigenvalue weighted by Gasteiger charge is 2.21. The fourth-order valence-corrected chi connectivity index (χ4v) is 2.47. The second-order valence-corrected chi connectivity index (χ2v) is 5.21. The number of rotatable bonds is 8. The summed E-state index contributed by atoms with van der Waals surface area (Å²) in [6, 6.07) is 0.366. The van der Waals surface area contributed by atoms with Crippen molar-refractivity contribution in [2.45, 2.75) is 45.6 Å². The molecule has 1 rings (SSSR count). The SMILES string of the molecule is CCCC(COC)n1cncc1C(CN)C(C)C. The average molecular weight is 253 g/mol. The molecular weight excluding hydrogens is 226 g/mol. The quantitative estimate of drug-likeness (QED) is 0.774. The van der Waals surface area contributed by atoms with Crippen LogP contribution in [0.5, 0.6) is 0 Å². The normalized spacial score (nSPS) is 15.0. The number of nitrogens with two attached hydrogens (primary N) is 1. The van der Waals surface area contributed by atoms with E-state index in [0.29, 0.717) is 24.4 Å². The Labute approximate surface area is 111 Å². The predicted molar refractivity (Wildman–Crippen MR) is 74.7 cm³/mol. The molecule has 18 heavy (non-hydrogen) atoms. The molecule has 0 saturated heterocycles. The molecule has 1 aromatic heterocycles. The molecule has 0 aliphatic heterocycles. The lowest BCUT2D eigenvalue weighted by Gasteiger charge is -2.25. The van der Waals surface area contributed by atoms with Gasteiger partial charge in [0.15, 0.2) is 0 Å². The van der Waals surface area contributed by atoms with Gasteiger partial charge in [-0.2, -0.15) is 0 Å². The molecule has 0 amide bonds. The Bertz CT molecular complexity index is 330. The largest absolute Gasteiger partial charge is 0.383 e. The summed E-state index contributed by atoms with van der Waals surface area (Å²) < 4.78 is 7.58. The van der Waals surface area contributed by atoms with Gasteiger partial charge in [0, 0.05) is 31.5 Å². The summed E-state index contributed by atoms with van der Waals surface area (Å²) >= 11 is 0. The van der Waals surface area contributed by atoms with Gasteiger partial charge in [0.25, 0.3) is 0 Å². The molecule has 0 aliphatic carbocycles. The van der Waals surface area contributed by atoms with Crippen LogP contribution >= 0.6 is 0 Å². The topological polar surface area (TPSA) is 53.1 Å². The smallest absolute Gasteiger partial charge is 0.0951 e. The van der Waals surface area contributed by atoms with E-state index in [1.807, 2.05) is 12.5 Å². The van der Waals surface area contributed by atoms with Crippen molar-refractivity contribution in [3.63, 3.8) is 0 Å². The minimum Gasteiger partial charge on any atom is -0.383 e. The lowest BCUT2D eigenvalue weighted by atomic mass is 9.92. The van der Waals surface area contributed by atoms with E-state index in [2.05, 4.69) is 30.3 Å². The van der Waals surface area contributed by atoms with E-state index >= 15 is 0 Å². The average Bonchev–Trinajstić information content (AvgIpc) is 2.78. The van der Waals surface area contributed by atoms with E-state index < -0.39 is 0 Å². The lowest BCUT2D eigenvalue weighted by Crippen LogP contribution is -2.24. The third-order valence-corrected chi connectivity index (χ3v) is 3.51. The maximum atomic E-state index is 5.91. The van der Waals surface area contributed by atoms with Crippen molar-refractivity contribution in [1.82, 2.24) is 9.55 Å². The van der Waals surface area contributed by atoms with Crippen LogP contribution in [0.3, 0.4) is 0 Å². The maximum Gasteiger partial charge on any atom is 0.0951 e. The zero-order valence-electron chi connectivity index (χ0n) is 12.1. The van der Waals surface area contributed by atoms with E-state index in [4.69, 9.17) is 10.5 Å². The maximum absolute atomic E-state index is 5.91. The number of imidazole rings is 1. The molecular formula is C14H27N3O. The fourth-order valence-electron chi connectivity index (χ4n) is 2.47. The number of hydrogen-bond acceptors (Lipinski definition) is 3. The van der Waals surface area contributed by atoms with Crippen LogP contribution in [0.1, 0.15) is 51.3 Å². The van der Waals surface area contributed by atoms with Crippen molar-refractivity contribution >= 4 is 0 Å². The van der Waals surface area contributed by atoms with Crippen LogP contribution in [-0.2, 0) is 4.74 Å². The first-order valence-electron chi connectivity index (χ1n) is 6.86. The van der Waals surface area contributed by atoms with Gasteiger partial charge in [-0.05, 0) is 12.3 Å². The molecule has 2 atom stereocenters. The molecule has 104 valence electrons. The lowest BCUT2D eigenvalue weighted by molar-refractivity contribution is 0.148. The zero-order chi connectivity index (χ0) is 13.5. The molecule has 0 radical (unpaired) electrons. The molecule has 0 spiro atoms. The van der Waals surface area contributed by atoms with Crippen LogP contribution in [0.4, 0.5) is 0 Å². The van der Waals surface area contributed by atoms with Crippen molar-refractivity contribution < 1.29 is 4.74 Å². The van der Waals surface area contributed by atoms with Crippen molar-refractivity contribution in [1.29, 1.82) is 0 Å². The van der Waals surface area contributed by atoms with Crippen molar-refractivity contribution in [2.24, 2.45) is 11.7 Å². The molecule has 0 aromatic carbocycles. The van der Waals surface area contributed by atoms with Crippen molar-refractivity contribution in [3.8, 4) is 0 Å². The third kappa shape index (κ3) is 3.56. The molecule has 0 aliphatic rings. The number of hydrogen-bond donors (Lipinski definition) is 1. The first kappa shape index (κ1) is 15.2. The monoisotopic (exact) mass is 253 g/mol. The highest BCUT2D eigenvalue weighted by Crippen LogP contribution is 2.27. The minimum absolute atomic E-state index is 0.365. The van der Waals surface area contributed by atoms with E-state index in [-0.39, 0.29) is 0 Å². The third-order valence-electron chi connectivity index (χ3n) is 3.51. The summed E-state index contributed by atoms with van der Waals surface area (Å²) in [6.07, 6.45) is 6.11. The fraction of sp³-hybridized carbons (Fsp3) is 0.786. The van der Waals surface area contributed by atoms with Gasteiger partial charge in [-0.3, -0.25) is 0 Å². The molecule has 0 saturated carbocycles. The molecule has 0 fully saturated rings. The Morgan fingerprint density at radius 2 is 2.17 bits per heavy atom. The van der Waals surface area contributed by atoms with Crippen LogP contribution in [0.2, 0.25) is 0 Å². The van der Waals surface area contributed by atoms with Crippen LogP contribution < -0.4 is 5.73 Å². The van der Waals surface area contributed by atoms with Gasteiger partial charge in [-0.1, -0.05) is 27.2 Å². The molecule has 4 heteroatoms. The highest BCUT2D eigenvalue weighted by atomic mass is 16.5. The molecule has 2 unspecified atom stereocenters. The Kier molecular flexibility index (Phi) is 6.36. The van der Waals surface area contributed by atoms with Gasteiger partial charge in [0.2, 0.25) is 0 Å². The number of ether oxygens (including phenoxy) is 1. The van der Waals surface area contributed by atoms with Crippen LogP contribution in [0, 0.1) is 5.92 Å². The Balaban J connectivity index is 2.97. The van der Waals surface area contributed by atoms with Crippen LogP contribution in [0.15, 0.2) is 12.5 Å². The highest BCUT2D eigenvalue weighted by molar-refractivity contribution is 5.09. The first-order chi connectivity index (χ1) is 8.65. The summed E-state index contributed by atoms with van der Waals surface area (Å²) in [6.45, 7) is 8.00. The first-order valence-corrected chi connectivity index (χ1v) is 6.86. The summed E-state index contributed by atoms with van der Waals surface area (Å²) in [5, 5.41) is 0. The Morgan fingerprint density at radius 1 is 1.44 bits per heavy atom. The minimum atomic E-state index is 0.365. The second kappa shape index (κ2) is 7.54. The van der Waals surface area contributed by atoms with Crippen molar-refractivity contribution in [3.05, 3.63) is 18.2 Å². The van der Waals surface area contributed by atoms with Crippen molar-refractivity contribution in [2.75, 3.05) is 20.3 Å². The van der Waals surface area contributed by atoms with E-state index in [1.54, 1.807) is 7.11 Å². The molecule has 1 aromatic rings. The van der Waals surface area contributed by atoms with Crippen LogP contribution in [0.25, 0.3) is 0 Å². The van der Waals surface area contributed by atoms with Gasteiger partial charge in [0.05, 0.1) is 19.0 Å². The summed E-state index contributed by atoms with van der Waals surface area (Å²) in [4.78, 5) is 4.31. The van der Waals surface area contributed by atoms with E-state index in [0.717, 1.165) is 19.4 Å². The zero-order valence-corrected chi connectivity index (χ0v) is 12.1. The Morgan fingerprint density at radius 3 is 2.67 bits per heavy atom. The van der Waals surface area contributed by atoms with Gasteiger partial charge >= 0.3 is 0 Å². The molecule has 4 nitrogen and oxygen atoms in total. The predicted octanol–water partition coefficient (Wildman–Crippen LogP) is 2.57. The van der Waals surface area contributed by atoms with Gasteiger partial charge in [-0.15, -0.1) is 0 Å². The molecule has 0 bridgehead atoms. The molecule has 1 heterocycles. The van der Waals surface area contributed by atoms with Gasteiger partial charge in [-0.25, -0.2) is 4.98 Å². The number of nitrogens with zero attached hydrogens (tertiary/aromatic N) is 2. The Hall–Kier alpha value is -0.870. The summed E-state index contributed by atoms with van der Waals surface area (Å²) in [7, 11) is 1.75. The molecule has 2 N–H and O–H groups in total. The van der Waals surface area contributed by atoms with E-state index in [1.165, 1.54) is 5.69 Å². The van der Waals surface area contributed by atoms with Gasteiger partial charge < -0.3 is 15.0 Å². The number of methoxy groups -OCH3 is 1. The van der Waals surface area contributed by atoms with E-state index in [9.17, 15) is 0 Å². The summed E-state index contributed by atoms with van der Waals surface area (Å²) in [5.74, 6) is 0.888. The van der Waals surface area contributed by atoms with Crippen LogP contribution in [-0.4, -0.2) is 29.8 Å². The number of aromatic nitrogens is 2. The summed E-state index contributed by atoms with van der Waals surface area (Å²) in [5.41, 5.74) is 7.15. The van der Waals surface area contributed by atoms with Gasteiger partial charge in [0.1, 0.15) is 0 Å².